The molecule has 1 aliphatic rings. The fraction of sp³-hybridized carbons (Fsp3) is 0.889. The van der Waals surface area contributed by atoms with Gasteiger partial charge in [-0.3, -0.25) is 9.69 Å². The first kappa shape index (κ1) is 10.6. The molecule has 0 aromatic heterocycles. The van der Waals surface area contributed by atoms with E-state index in [1.54, 1.807) is 7.11 Å². The molecule has 0 saturated carbocycles. The summed E-state index contributed by atoms with van der Waals surface area (Å²) in [6, 6.07) is 0.342. The van der Waals surface area contributed by atoms with Crippen molar-refractivity contribution in [1.82, 2.24) is 4.90 Å². The van der Waals surface area contributed by atoms with E-state index in [1.807, 2.05) is 0 Å². The van der Waals surface area contributed by atoms with Crippen molar-refractivity contribution in [3.63, 3.8) is 0 Å². The summed E-state index contributed by atoms with van der Waals surface area (Å²) >= 11 is 0. The van der Waals surface area contributed by atoms with Gasteiger partial charge < -0.3 is 9.47 Å². The van der Waals surface area contributed by atoms with Gasteiger partial charge in [-0.15, -0.1) is 0 Å². The number of hydrogen-bond donors (Lipinski definition) is 0. The minimum Gasteiger partial charge on any atom is -0.379 e. The maximum absolute atomic E-state index is 11.2. The average Bonchev–Trinajstić information content (AvgIpc) is 2.09. The van der Waals surface area contributed by atoms with Crippen LogP contribution in [0.4, 0.5) is 0 Å². The first-order chi connectivity index (χ1) is 6.24. The second-order valence-electron chi connectivity index (χ2n) is 3.37. The van der Waals surface area contributed by atoms with E-state index in [-0.39, 0.29) is 12.4 Å². The molecule has 0 aromatic rings. The second-order valence-corrected chi connectivity index (χ2v) is 3.37. The number of ketones is 1. The summed E-state index contributed by atoms with van der Waals surface area (Å²) in [7, 11) is 1.54. The van der Waals surface area contributed by atoms with E-state index in [1.165, 1.54) is 0 Å². The maximum atomic E-state index is 11.2. The zero-order chi connectivity index (χ0) is 9.68. The summed E-state index contributed by atoms with van der Waals surface area (Å²) in [5.74, 6) is 0.135. The lowest BCUT2D eigenvalue weighted by molar-refractivity contribution is -0.125. The van der Waals surface area contributed by atoms with Gasteiger partial charge in [0.2, 0.25) is 0 Å². The van der Waals surface area contributed by atoms with Crippen LogP contribution in [0, 0.1) is 0 Å². The highest BCUT2D eigenvalue weighted by molar-refractivity contribution is 5.81. The Labute approximate surface area is 78.8 Å². The molecule has 4 heteroatoms. The smallest absolute Gasteiger partial charge is 0.172 e. The summed E-state index contributed by atoms with van der Waals surface area (Å²) in [6.45, 7) is 5.06. The molecule has 1 saturated heterocycles. The van der Waals surface area contributed by atoms with Crippen molar-refractivity contribution in [1.29, 1.82) is 0 Å². The Hall–Kier alpha value is -0.450. The van der Waals surface area contributed by atoms with Crippen molar-refractivity contribution in [2.75, 3.05) is 40.0 Å². The van der Waals surface area contributed by atoms with E-state index in [2.05, 4.69) is 11.8 Å². The van der Waals surface area contributed by atoms with Crippen molar-refractivity contribution in [3.05, 3.63) is 0 Å². The molecule has 1 heterocycles. The van der Waals surface area contributed by atoms with Gasteiger partial charge in [0.25, 0.3) is 0 Å². The molecule has 4 nitrogen and oxygen atoms in total. The van der Waals surface area contributed by atoms with Crippen LogP contribution in [0.2, 0.25) is 0 Å². The molecule has 1 rings (SSSR count). The van der Waals surface area contributed by atoms with Gasteiger partial charge in [-0.2, -0.15) is 0 Å². The Kier molecular flexibility index (Phi) is 4.35. The highest BCUT2D eigenvalue weighted by Gasteiger charge is 2.20. The lowest BCUT2D eigenvalue weighted by Gasteiger charge is -2.32. The van der Waals surface area contributed by atoms with Crippen LogP contribution in [0.3, 0.4) is 0 Å². The highest BCUT2D eigenvalue weighted by Crippen LogP contribution is 2.05. The molecule has 13 heavy (non-hydrogen) atoms. The quantitative estimate of drug-likeness (QED) is 0.617. The zero-order valence-electron chi connectivity index (χ0n) is 8.28. The SMILES string of the molecule is COCC(=O)CN1CCOCC1C. The van der Waals surface area contributed by atoms with Crippen LogP contribution in [0.1, 0.15) is 6.92 Å². The van der Waals surface area contributed by atoms with E-state index in [0.717, 1.165) is 19.8 Å². The van der Waals surface area contributed by atoms with Gasteiger partial charge in [-0.05, 0) is 6.92 Å². The topological polar surface area (TPSA) is 38.8 Å². The molecule has 0 N–H and O–H groups in total. The van der Waals surface area contributed by atoms with Crippen LogP contribution in [0.15, 0.2) is 0 Å². The molecule has 1 unspecified atom stereocenters. The van der Waals surface area contributed by atoms with Crippen molar-refractivity contribution in [2.24, 2.45) is 0 Å². The van der Waals surface area contributed by atoms with Crippen molar-refractivity contribution < 1.29 is 14.3 Å². The second kappa shape index (κ2) is 5.32. The van der Waals surface area contributed by atoms with Crippen LogP contribution >= 0.6 is 0 Å². The lowest BCUT2D eigenvalue weighted by atomic mass is 10.2. The summed E-state index contributed by atoms with van der Waals surface area (Å²) in [5, 5.41) is 0. The Bertz CT molecular complexity index is 172. The average molecular weight is 187 g/mol. The number of morpholine rings is 1. The van der Waals surface area contributed by atoms with Gasteiger partial charge in [0.1, 0.15) is 6.61 Å². The molecule has 76 valence electrons. The van der Waals surface area contributed by atoms with Crippen LogP contribution in [-0.2, 0) is 14.3 Å². The maximum Gasteiger partial charge on any atom is 0.172 e. The largest absolute Gasteiger partial charge is 0.379 e. The zero-order valence-corrected chi connectivity index (χ0v) is 8.28. The Balaban J connectivity index is 2.29. The predicted octanol–water partition coefficient (Wildman–Crippen LogP) is -0.0774. The summed E-state index contributed by atoms with van der Waals surface area (Å²) < 4.78 is 10.0. The minimum atomic E-state index is 0.135. The van der Waals surface area contributed by atoms with Crippen LogP contribution < -0.4 is 0 Å². The third-order valence-corrected chi connectivity index (χ3v) is 2.19. The molecule has 0 aliphatic carbocycles. The van der Waals surface area contributed by atoms with Crippen molar-refractivity contribution >= 4 is 5.78 Å². The van der Waals surface area contributed by atoms with Gasteiger partial charge in [-0.25, -0.2) is 0 Å². The van der Waals surface area contributed by atoms with Crippen LogP contribution in [0.25, 0.3) is 0 Å². The van der Waals surface area contributed by atoms with Crippen LogP contribution in [0.5, 0.6) is 0 Å². The molecule has 0 spiro atoms. The van der Waals surface area contributed by atoms with Crippen molar-refractivity contribution in [3.8, 4) is 0 Å². The molecule has 0 bridgehead atoms. The number of nitrogens with zero attached hydrogens (tertiary/aromatic N) is 1. The van der Waals surface area contributed by atoms with Crippen LogP contribution in [-0.4, -0.2) is 56.7 Å². The van der Waals surface area contributed by atoms with Gasteiger partial charge >= 0.3 is 0 Å². The Morgan fingerprint density at radius 3 is 3.08 bits per heavy atom. The fourth-order valence-corrected chi connectivity index (χ4v) is 1.43. The Morgan fingerprint density at radius 2 is 2.46 bits per heavy atom. The van der Waals surface area contributed by atoms with Crippen molar-refractivity contribution in [2.45, 2.75) is 13.0 Å². The minimum absolute atomic E-state index is 0.135. The number of rotatable bonds is 4. The highest BCUT2D eigenvalue weighted by atomic mass is 16.5. The number of methoxy groups -OCH3 is 1. The van der Waals surface area contributed by atoms with E-state index in [4.69, 9.17) is 9.47 Å². The first-order valence-corrected chi connectivity index (χ1v) is 4.56. The molecule has 1 aliphatic heterocycles. The molecule has 0 amide bonds. The Morgan fingerprint density at radius 1 is 1.69 bits per heavy atom. The molecule has 0 radical (unpaired) electrons. The number of carbonyl (C=O) groups excluding carboxylic acids is 1. The lowest BCUT2D eigenvalue weighted by Crippen LogP contribution is -2.46. The summed E-state index contributed by atoms with van der Waals surface area (Å²) in [6.07, 6.45) is 0. The molecular formula is C9H17NO3. The fourth-order valence-electron chi connectivity index (χ4n) is 1.43. The molecule has 1 atom stereocenters. The number of Topliss-reactive ketones (excluding diaryl/α,β-unsaturated/α-hetero) is 1. The number of carbonyl (C=O) groups is 1. The van der Waals surface area contributed by atoms with Gasteiger partial charge in [0, 0.05) is 19.7 Å². The van der Waals surface area contributed by atoms with Gasteiger partial charge in [-0.1, -0.05) is 0 Å². The third kappa shape index (κ3) is 3.42. The number of ether oxygens (including phenoxy) is 2. The molecular weight excluding hydrogens is 170 g/mol. The summed E-state index contributed by atoms with van der Waals surface area (Å²) in [4.78, 5) is 13.4. The summed E-state index contributed by atoms with van der Waals surface area (Å²) in [5.41, 5.74) is 0. The third-order valence-electron chi connectivity index (χ3n) is 2.19. The standard InChI is InChI=1S/C9H17NO3/c1-8-6-13-4-3-10(8)5-9(11)7-12-2/h8H,3-7H2,1-2H3. The van der Waals surface area contributed by atoms with E-state index >= 15 is 0 Å². The van der Waals surface area contributed by atoms with Gasteiger partial charge in [0.15, 0.2) is 5.78 Å². The normalized spacial score (nSPS) is 24.6. The van der Waals surface area contributed by atoms with Gasteiger partial charge in [0.05, 0.1) is 19.8 Å². The van der Waals surface area contributed by atoms with E-state index in [0.29, 0.717) is 12.6 Å². The van der Waals surface area contributed by atoms with E-state index < -0.39 is 0 Å². The monoisotopic (exact) mass is 187 g/mol. The predicted molar refractivity (Wildman–Crippen MR) is 48.7 cm³/mol. The molecule has 0 aromatic carbocycles. The van der Waals surface area contributed by atoms with E-state index in [9.17, 15) is 4.79 Å². The number of hydrogen-bond acceptors (Lipinski definition) is 4. The first-order valence-electron chi connectivity index (χ1n) is 4.56. The molecule has 1 fully saturated rings.